The lowest BCUT2D eigenvalue weighted by atomic mass is 10.2. The van der Waals surface area contributed by atoms with Gasteiger partial charge >= 0.3 is 0 Å². The Bertz CT molecular complexity index is 464. The Morgan fingerprint density at radius 2 is 2.25 bits per heavy atom. The third-order valence-corrected chi connectivity index (χ3v) is 2.87. The molecule has 0 radical (unpaired) electrons. The summed E-state index contributed by atoms with van der Waals surface area (Å²) in [5.74, 6) is 0. The van der Waals surface area contributed by atoms with Gasteiger partial charge in [-0.2, -0.15) is 0 Å². The fraction of sp³-hybridized carbons (Fsp3) is 0.273. The van der Waals surface area contributed by atoms with Gasteiger partial charge in [-0.1, -0.05) is 0 Å². The highest BCUT2D eigenvalue weighted by atomic mass is 32.2. The predicted molar refractivity (Wildman–Crippen MR) is 62.2 cm³/mol. The Labute approximate surface area is 98.3 Å². The van der Waals surface area contributed by atoms with E-state index in [4.69, 9.17) is 10.2 Å². The van der Waals surface area contributed by atoms with Gasteiger partial charge in [0.1, 0.15) is 6.26 Å². The Morgan fingerprint density at radius 1 is 1.44 bits per heavy atom. The van der Waals surface area contributed by atoms with E-state index in [-0.39, 0.29) is 6.04 Å². The van der Waals surface area contributed by atoms with E-state index < -0.39 is 0 Å². The first-order valence-corrected chi connectivity index (χ1v) is 5.78. The minimum absolute atomic E-state index is 0.0389. The van der Waals surface area contributed by atoms with Crippen LogP contribution in [0.2, 0.25) is 0 Å². The lowest BCUT2D eigenvalue weighted by Gasteiger charge is -2.04. The van der Waals surface area contributed by atoms with Crippen molar-refractivity contribution in [2.24, 2.45) is 5.73 Å². The van der Waals surface area contributed by atoms with Crippen LogP contribution in [0, 0.1) is 6.92 Å². The van der Waals surface area contributed by atoms with E-state index in [2.05, 4.69) is 9.97 Å². The van der Waals surface area contributed by atoms with E-state index in [0.717, 1.165) is 16.3 Å². The molecule has 0 saturated carbocycles. The normalized spacial score (nSPS) is 12.7. The molecule has 5 heteroatoms. The van der Waals surface area contributed by atoms with Crippen LogP contribution in [-0.2, 0) is 0 Å². The molecule has 1 atom stereocenters. The Hall–Kier alpha value is -1.33. The molecule has 0 unspecified atom stereocenters. The SMILES string of the molecule is Cc1coc(Sc2ccc([C@H](C)N)nc2)n1. The van der Waals surface area contributed by atoms with Gasteiger partial charge < -0.3 is 10.2 Å². The topological polar surface area (TPSA) is 64.9 Å². The van der Waals surface area contributed by atoms with Crippen LogP contribution < -0.4 is 5.73 Å². The van der Waals surface area contributed by atoms with Crippen LogP contribution in [0.1, 0.15) is 24.4 Å². The molecule has 2 aromatic heterocycles. The maximum Gasteiger partial charge on any atom is 0.260 e. The number of aromatic nitrogens is 2. The van der Waals surface area contributed by atoms with Gasteiger partial charge in [0.05, 0.1) is 11.4 Å². The molecule has 0 aliphatic rings. The Kier molecular flexibility index (Phi) is 3.26. The first kappa shape index (κ1) is 11.2. The van der Waals surface area contributed by atoms with Crippen molar-refractivity contribution in [1.29, 1.82) is 0 Å². The third kappa shape index (κ3) is 2.62. The lowest BCUT2D eigenvalue weighted by Crippen LogP contribution is -2.06. The standard InChI is InChI=1S/C11H13N3OS/c1-7-6-15-11(14-7)16-9-3-4-10(8(2)12)13-5-9/h3-6,8H,12H2,1-2H3/t8-/m0/s1. The molecule has 4 nitrogen and oxygen atoms in total. The Balaban J connectivity index is 2.11. The molecule has 16 heavy (non-hydrogen) atoms. The summed E-state index contributed by atoms with van der Waals surface area (Å²) in [6.07, 6.45) is 3.41. The molecular weight excluding hydrogens is 222 g/mol. The molecule has 0 spiro atoms. The summed E-state index contributed by atoms with van der Waals surface area (Å²) in [4.78, 5) is 9.47. The molecule has 2 rings (SSSR count). The van der Waals surface area contributed by atoms with Crippen LogP contribution in [0.15, 0.2) is 39.1 Å². The number of nitrogens with zero attached hydrogens (tertiary/aromatic N) is 2. The second-order valence-corrected chi connectivity index (χ2v) is 4.59. The van der Waals surface area contributed by atoms with Crippen molar-refractivity contribution in [1.82, 2.24) is 9.97 Å². The van der Waals surface area contributed by atoms with Crippen molar-refractivity contribution >= 4 is 11.8 Å². The van der Waals surface area contributed by atoms with Gasteiger partial charge in [0.2, 0.25) is 0 Å². The highest BCUT2D eigenvalue weighted by Crippen LogP contribution is 2.26. The van der Waals surface area contributed by atoms with Gasteiger partial charge in [-0.05, 0) is 37.7 Å². The minimum atomic E-state index is -0.0389. The second kappa shape index (κ2) is 4.67. The van der Waals surface area contributed by atoms with Crippen LogP contribution in [0.5, 0.6) is 0 Å². The average molecular weight is 235 g/mol. The van der Waals surface area contributed by atoms with Crippen LogP contribution in [-0.4, -0.2) is 9.97 Å². The number of aryl methyl sites for hydroxylation is 1. The van der Waals surface area contributed by atoms with E-state index in [1.54, 1.807) is 12.5 Å². The summed E-state index contributed by atoms with van der Waals surface area (Å²) in [6.45, 7) is 3.80. The van der Waals surface area contributed by atoms with Gasteiger partial charge in [0, 0.05) is 17.1 Å². The molecule has 0 aromatic carbocycles. The third-order valence-electron chi connectivity index (χ3n) is 2.03. The van der Waals surface area contributed by atoms with Gasteiger partial charge in [-0.25, -0.2) is 4.98 Å². The van der Waals surface area contributed by atoms with Crippen molar-refractivity contribution in [3.63, 3.8) is 0 Å². The summed E-state index contributed by atoms with van der Waals surface area (Å²) < 4.78 is 5.25. The van der Waals surface area contributed by atoms with Crippen molar-refractivity contribution < 1.29 is 4.42 Å². The smallest absolute Gasteiger partial charge is 0.260 e. The molecule has 0 amide bonds. The molecule has 2 N–H and O–H groups in total. The second-order valence-electron chi connectivity index (χ2n) is 3.56. The number of oxazole rings is 1. The van der Waals surface area contributed by atoms with Gasteiger partial charge in [-0.3, -0.25) is 4.98 Å². The predicted octanol–water partition coefficient (Wildman–Crippen LogP) is 2.55. The van der Waals surface area contributed by atoms with Crippen molar-refractivity contribution in [3.05, 3.63) is 36.0 Å². The maximum absolute atomic E-state index is 5.72. The zero-order valence-electron chi connectivity index (χ0n) is 9.18. The molecule has 0 saturated heterocycles. The van der Waals surface area contributed by atoms with Gasteiger partial charge in [-0.15, -0.1) is 0 Å². The molecule has 0 bridgehead atoms. The van der Waals surface area contributed by atoms with E-state index in [9.17, 15) is 0 Å². The van der Waals surface area contributed by atoms with Gasteiger partial charge in [0.25, 0.3) is 5.22 Å². The highest BCUT2D eigenvalue weighted by Gasteiger charge is 2.05. The summed E-state index contributed by atoms with van der Waals surface area (Å²) in [5.41, 5.74) is 7.48. The van der Waals surface area contributed by atoms with Crippen molar-refractivity contribution in [2.45, 2.75) is 30.0 Å². The Morgan fingerprint density at radius 3 is 2.75 bits per heavy atom. The van der Waals surface area contributed by atoms with E-state index >= 15 is 0 Å². The van der Waals surface area contributed by atoms with E-state index in [0.29, 0.717) is 5.22 Å². The quantitative estimate of drug-likeness (QED) is 0.885. The number of pyridine rings is 1. The fourth-order valence-corrected chi connectivity index (χ4v) is 1.93. The minimum Gasteiger partial charge on any atom is -0.439 e. The maximum atomic E-state index is 5.72. The molecular formula is C11H13N3OS. The number of nitrogens with two attached hydrogens (primary N) is 1. The lowest BCUT2D eigenvalue weighted by molar-refractivity contribution is 0.454. The molecule has 2 heterocycles. The molecule has 0 aliphatic heterocycles. The average Bonchev–Trinajstić information content (AvgIpc) is 2.65. The van der Waals surface area contributed by atoms with Crippen LogP contribution in [0.25, 0.3) is 0 Å². The first-order valence-electron chi connectivity index (χ1n) is 4.96. The zero-order valence-corrected chi connectivity index (χ0v) is 9.99. The van der Waals surface area contributed by atoms with Crippen molar-refractivity contribution in [2.75, 3.05) is 0 Å². The molecule has 0 aliphatic carbocycles. The summed E-state index contributed by atoms with van der Waals surface area (Å²) in [7, 11) is 0. The first-order chi connectivity index (χ1) is 7.65. The monoisotopic (exact) mass is 235 g/mol. The van der Waals surface area contributed by atoms with Crippen LogP contribution in [0.4, 0.5) is 0 Å². The van der Waals surface area contributed by atoms with E-state index in [1.165, 1.54) is 11.8 Å². The molecule has 0 fully saturated rings. The molecule has 84 valence electrons. The summed E-state index contributed by atoms with van der Waals surface area (Å²) >= 11 is 1.45. The van der Waals surface area contributed by atoms with E-state index in [1.807, 2.05) is 26.0 Å². The summed E-state index contributed by atoms with van der Waals surface area (Å²) in [5, 5.41) is 0.632. The highest BCUT2D eigenvalue weighted by molar-refractivity contribution is 7.99. The summed E-state index contributed by atoms with van der Waals surface area (Å²) in [6, 6.07) is 3.85. The van der Waals surface area contributed by atoms with Gasteiger partial charge in [0.15, 0.2) is 0 Å². The number of hydrogen-bond acceptors (Lipinski definition) is 5. The van der Waals surface area contributed by atoms with Crippen LogP contribution >= 0.6 is 11.8 Å². The zero-order chi connectivity index (χ0) is 11.5. The van der Waals surface area contributed by atoms with Crippen molar-refractivity contribution in [3.8, 4) is 0 Å². The largest absolute Gasteiger partial charge is 0.439 e. The number of rotatable bonds is 3. The fourth-order valence-electron chi connectivity index (χ4n) is 1.20. The van der Waals surface area contributed by atoms with Crippen LogP contribution in [0.3, 0.4) is 0 Å². The number of hydrogen-bond donors (Lipinski definition) is 1. The molecule has 2 aromatic rings.